The minimum atomic E-state index is -1.07. The molecule has 0 aromatic heterocycles. The minimum Gasteiger partial charge on any atom is -0.550 e. The van der Waals surface area contributed by atoms with Gasteiger partial charge in [-0.15, -0.1) is 11.8 Å². The predicted octanol–water partition coefficient (Wildman–Crippen LogP) is 1.38. The number of thioether (sulfide) groups is 1. The van der Waals surface area contributed by atoms with Crippen molar-refractivity contribution in [3.05, 3.63) is 40.3 Å². The van der Waals surface area contributed by atoms with E-state index in [1.165, 1.54) is 0 Å². The van der Waals surface area contributed by atoms with Crippen LogP contribution in [0.4, 0.5) is 0 Å². The molecule has 96 valence electrons. The maximum absolute atomic E-state index is 10.7. The summed E-state index contributed by atoms with van der Waals surface area (Å²) in [5.74, 6) is -0.715. The molecular weight excluding hydrogens is 248 g/mol. The number of aliphatic hydroxyl groups is 1. The number of carboxylic acid groups (broad SMARTS) is 1. The lowest BCUT2D eigenvalue weighted by Crippen LogP contribution is -2.27. The zero-order chi connectivity index (χ0) is 13.1. The molecule has 1 heterocycles. The number of carbonyl (C=O) groups excluding carboxylic acids is 1. The second-order valence-corrected chi connectivity index (χ2v) is 5.58. The SMILES string of the molecule is C[C@H](C(=O)[O-])c1ccc(/C=C2\SCC[C@@H]2O)cc1. The largest absolute Gasteiger partial charge is 0.550 e. The molecule has 1 aliphatic heterocycles. The number of carbonyl (C=O) groups is 1. The van der Waals surface area contributed by atoms with Crippen molar-refractivity contribution in [1.29, 1.82) is 0 Å². The molecule has 4 heteroatoms. The van der Waals surface area contributed by atoms with Crippen LogP contribution in [0.1, 0.15) is 30.4 Å². The van der Waals surface area contributed by atoms with Gasteiger partial charge < -0.3 is 15.0 Å². The fourth-order valence-corrected chi connectivity index (χ4v) is 2.95. The molecular formula is C14H15O3S-. The van der Waals surface area contributed by atoms with Gasteiger partial charge in [-0.25, -0.2) is 0 Å². The van der Waals surface area contributed by atoms with Gasteiger partial charge >= 0.3 is 0 Å². The quantitative estimate of drug-likeness (QED) is 0.895. The lowest BCUT2D eigenvalue weighted by molar-refractivity contribution is -0.307. The Bertz CT molecular complexity index is 464. The van der Waals surface area contributed by atoms with E-state index in [9.17, 15) is 15.0 Å². The molecule has 0 unspecified atom stereocenters. The molecule has 0 saturated carbocycles. The average molecular weight is 263 g/mol. The second-order valence-electron chi connectivity index (χ2n) is 4.41. The molecule has 1 N–H and O–H groups in total. The Morgan fingerprint density at radius 1 is 1.50 bits per heavy atom. The Kier molecular flexibility index (Phi) is 4.09. The molecule has 0 bridgehead atoms. The Morgan fingerprint density at radius 3 is 2.67 bits per heavy atom. The minimum absolute atomic E-state index is 0.350. The number of hydrogen-bond donors (Lipinski definition) is 1. The smallest absolute Gasteiger partial charge is 0.0856 e. The average Bonchev–Trinajstić information content (AvgIpc) is 2.75. The van der Waals surface area contributed by atoms with Crippen LogP contribution in [0.3, 0.4) is 0 Å². The summed E-state index contributed by atoms with van der Waals surface area (Å²) in [5, 5.41) is 20.4. The summed E-state index contributed by atoms with van der Waals surface area (Å²) in [5.41, 5.74) is 1.71. The van der Waals surface area contributed by atoms with Gasteiger partial charge in [-0.3, -0.25) is 0 Å². The molecule has 0 spiro atoms. The van der Waals surface area contributed by atoms with Crippen molar-refractivity contribution in [2.75, 3.05) is 5.75 Å². The van der Waals surface area contributed by atoms with Crippen LogP contribution in [0.2, 0.25) is 0 Å². The number of carboxylic acids is 1. The van der Waals surface area contributed by atoms with E-state index in [0.29, 0.717) is 0 Å². The summed E-state index contributed by atoms with van der Waals surface area (Å²) in [6, 6.07) is 7.32. The highest BCUT2D eigenvalue weighted by Crippen LogP contribution is 2.32. The fourth-order valence-electron chi connectivity index (χ4n) is 1.85. The van der Waals surface area contributed by atoms with Crippen molar-refractivity contribution in [2.45, 2.75) is 25.4 Å². The van der Waals surface area contributed by atoms with Crippen molar-refractivity contribution in [2.24, 2.45) is 0 Å². The van der Waals surface area contributed by atoms with Gasteiger partial charge in [0.1, 0.15) is 0 Å². The topological polar surface area (TPSA) is 60.4 Å². The monoisotopic (exact) mass is 263 g/mol. The number of hydrogen-bond acceptors (Lipinski definition) is 4. The standard InChI is InChI=1S/C14H16O3S/c1-9(14(16)17)11-4-2-10(3-5-11)8-13-12(15)6-7-18-13/h2-5,8-9,12,15H,6-7H2,1H3,(H,16,17)/p-1/b13-8-/t9-,12-/m0/s1. The third kappa shape index (κ3) is 2.94. The van der Waals surface area contributed by atoms with E-state index in [-0.39, 0.29) is 6.10 Å². The number of aliphatic hydroxyl groups excluding tert-OH is 1. The van der Waals surface area contributed by atoms with Crippen LogP contribution in [0, 0.1) is 0 Å². The Hall–Kier alpha value is -1.26. The highest BCUT2D eigenvalue weighted by atomic mass is 32.2. The maximum Gasteiger partial charge on any atom is 0.0856 e. The molecule has 1 aromatic carbocycles. The molecule has 1 fully saturated rings. The Balaban J connectivity index is 2.15. The van der Waals surface area contributed by atoms with E-state index in [4.69, 9.17) is 0 Å². The molecule has 3 nitrogen and oxygen atoms in total. The maximum atomic E-state index is 10.7. The van der Waals surface area contributed by atoms with Gasteiger partial charge in [0.15, 0.2) is 0 Å². The van der Waals surface area contributed by atoms with Gasteiger partial charge in [-0.1, -0.05) is 31.2 Å². The van der Waals surface area contributed by atoms with Crippen LogP contribution in [-0.2, 0) is 4.79 Å². The zero-order valence-electron chi connectivity index (χ0n) is 10.1. The first-order chi connectivity index (χ1) is 8.58. The van der Waals surface area contributed by atoms with E-state index in [1.54, 1.807) is 30.8 Å². The van der Waals surface area contributed by atoms with Crippen LogP contribution < -0.4 is 5.11 Å². The molecule has 1 saturated heterocycles. The first-order valence-corrected chi connectivity index (χ1v) is 6.90. The van der Waals surface area contributed by atoms with Crippen LogP contribution in [0.5, 0.6) is 0 Å². The fraction of sp³-hybridized carbons (Fsp3) is 0.357. The van der Waals surface area contributed by atoms with Crippen LogP contribution in [-0.4, -0.2) is 22.9 Å². The van der Waals surface area contributed by atoms with E-state index in [1.807, 2.05) is 18.2 Å². The predicted molar refractivity (Wildman–Crippen MR) is 70.9 cm³/mol. The number of benzene rings is 1. The van der Waals surface area contributed by atoms with E-state index in [0.717, 1.165) is 28.2 Å². The van der Waals surface area contributed by atoms with Crippen molar-refractivity contribution in [3.8, 4) is 0 Å². The first kappa shape index (κ1) is 13.2. The summed E-state index contributed by atoms with van der Waals surface area (Å²) in [7, 11) is 0. The van der Waals surface area contributed by atoms with Crippen molar-refractivity contribution >= 4 is 23.8 Å². The highest BCUT2D eigenvalue weighted by Gasteiger charge is 2.18. The first-order valence-electron chi connectivity index (χ1n) is 5.91. The van der Waals surface area contributed by atoms with Gasteiger partial charge in [0.2, 0.25) is 0 Å². The molecule has 0 aliphatic carbocycles. The van der Waals surface area contributed by atoms with Crippen molar-refractivity contribution in [1.82, 2.24) is 0 Å². The lowest BCUT2D eigenvalue weighted by atomic mass is 10.00. The Morgan fingerprint density at radius 2 is 2.17 bits per heavy atom. The van der Waals surface area contributed by atoms with Gasteiger partial charge in [0.25, 0.3) is 0 Å². The van der Waals surface area contributed by atoms with Gasteiger partial charge in [0.05, 0.1) is 6.10 Å². The Labute approximate surface area is 111 Å². The molecule has 0 amide bonds. The van der Waals surface area contributed by atoms with Gasteiger partial charge in [-0.2, -0.15) is 0 Å². The van der Waals surface area contributed by atoms with Gasteiger partial charge in [-0.05, 0) is 23.6 Å². The summed E-state index contributed by atoms with van der Waals surface area (Å²) in [6.07, 6.45) is 2.41. The summed E-state index contributed by atoms with van der Waals surface area (Å²) in [6.45, 7) is 1.61. The van der Waals surface area contributed by atoms with E-state index >= 15 is 0 Å². The lowest BCUT2D eigenvalue weighted by Gasteiger charge is -2.12. The summed E-state index contributed by atoms with van der Waals surface area (Å²) < 4.78 is 0. The highest BCUT2D eigenvalue weighted by molar-refractivity contribution is 8.03. The number of rotatable bonds is 3. The number of aliphatic carboxylic acids is 1. The second kappa shape index (κ2) is 5.59. The summed E-state index contributed by atoms with van der Waals surface area (Å²) >= 11 is 1.67. The molecule has 18 heavy (non-hydrogen) atoms. The molecule has 1 aromatic rings. The van der Waals surface area contributed by atoms with Crippen LogP contribution in [0.15, 0.2) is 29.2 Å². The third-order valence-electron chi connectivity index (χ3n) is 3.09. The normalized spacial score (nSPS) is 23.2. The van der Waals surface area contributed by atoms with Crippen molar-refractivity contribution in [3.63, 3.8) is 0 Å². The van der Waals surface area contributed by atoms with Crippen LogP contribution >= 0.6 is 11.8 Å². The molecule has 2 atom stereocenters. The zero-order valence-corrected chi connectivity index (χ0v) is 10.9. The van der Waals surface area contributed by atoms with Crippen LogP contribution in [0.25, 0.3) is 6.08 Å². The summed E-state index contributed by atoms with van der Waals surface area (Å²) in [4.78, 5) is 11.7. The molecule has 2 rings (SSSR count). The van der Waals surface area contributed by atoms with Gasteiger partial charge in [0, 0.05) is 22.5 Å². The molecule has 1 aliphatic rings. The van der Waals surface area contributed by atoms with Crippen molar-refractivity contribution < 1.29 is 15.0 Å². The molecule has 0 radical (unpaired) electrons. The van der Waals surface area contributed by atoms with E-state index < -0.39 is 11.9 Å². The third-order valence-corrected chi connectivity index (χ3v) is 4.25. The van der Waals surface area contributed by atoms with E-state index in [2.05, 4.69) is 0 Å².